The first-order valence-corrected chi connectivity index (χ1v) is 28.7. The molecule has 480 valence electrons. The number of carbonyl (C=O) groups is 7. The monoisotopic (exact) mass is 1250 g/mol. The molecule has 0 saturated carbocycles. The number of hydrogen-bond donors (Lipinski definition) is 5. The number of carboxylic acids is 2. The Bertz CT molecular complexity index is 2560. The summed E-state index contributed by atoms with van der Waals surface area (Å²) in [6.07, 6.45) is -0.673. The van der Waals surface area contributed by atoms with Crippen molar-refractivity contribution in [3.8, 4) is 11.1 Å². The average Bonchev–Trinajstić information content (AvgIpc) is 1.89. The lowest BCUT2D eigenvalue weighted by Gasteiger charge is -2.41. The first kappa shape index (κ1) is 73.8. The van der Waals surface area contributed by atoms with Gasteiger partial charge in [-0.3, -0.25) is 28.9 Å². The number of carboxylic acid groups (broad SMARTS) is 2. The van der Waals surface area contributed by atoms with Gasteiger partial charge < -0.3 is 73.9 Å². The van der Waals surface area contributed by atoms with E-state index in [1.807, 2.05) is 55.7 Å². The van der Waals surface area contributed by atoms with Crippen molar-refractivity contribution in [1.29, 1.82) is 0 Å². The Morgan fingerprint density at radius 1 is 0.698 bits per heavy atom. The molecule has 86 heavy (non-hydrogen) atoms. The third-order valence-corrected chi connectivity index (χ3v) is 13.0. The normalized spacial score (nSPS) is 13.1. The summed E-state index contributed by atoms with van der Waals surface area (Å²) in [5, 5.41) is 22.2. The molecule has 0 bridgehead atoms. The van der Waals surface area contributed by atoms with E-state index in [1.165, 1.54) is 0 Å². The van der Waals surface area contributed by atoms with Crippen molar-refractivity contribution in [1.82, 2.24) is 25.0 Å². The highest BCUT2D eigenvalue weighted by Crippen LogP contribution is 2.41. The summed E-state index contributed by atoms with van der Waals surface area (Å²) in [7, 11) is 0. The van der Waals surface area contributed by atoms with E-state index in [9.17, 15) is 51.4 Å². The van der Waals surface area contributed by atoms with Crippen LogP contribution in [0.1, 0.15) is 50.9 Å². The minimum Gasteiger partial charge on any atom is -0.480 e. The second-order valence-corrected chi connectivity index (χ2v) is 20.8. The van der Waals surface area contributed by atoms with Crippen LogP contribution in [0, 0.1) is 17.0 Å². The molecule has 3 aromatic rings. The number of ether oxygens (including phenoxy) is 8. The zero-order valence-electron chi connectivity index (χ0n) is 48.5. The van der Waals surface area contributed by atoms with Crippen molar-refractivity contribution in [3.05, 3.63) is 95.8 Å². The number of aromatic nitrogens is 1. The van der Waals surface area contributed by atoms with Crippen molar-refractivity contribution < 1.29 is 104 Å². The van der Waals surface area contributed by atoms with Gasteiger partial charge in [0.15, 0.2) is 0 Å². The molecule has 29 heteroatoms. The first-order valence-electron chi connectivity index (χ1n) is 27.5. The lowest BCUT2D eigenvalue weighted by molar-refractivity contribution is -0.192. The largest absolute Gasteiger partial charge is 0.490 e. The highest BCUT2D eigenvalue weighted by molar-refractivity contribution is 8.00. The summed E-state index contributed by atoms with van der Waals surface area (Å²) in [5.41, 5.74) is 7.61. The van der Waals surface area contributed by atoms with Crippen LogP contribution >= 0.6 is 11.8 Å². The molecule has 6 N–H and O–H groups in total. The second kappa shape index (κ2) is 40.9. The van der Waals surface area contributed by atoms with E-state index in [-0.39, 0.29) is 75.5 Å². The van der Waals surface area contributed by atoms with Gasteiger partial charge in [-0.1, -0.05) is 51.1 Å². The summed E-state index contributed by atoms with van der Waals surface area (Å²) >= 11 is 1.08. The number of amides is 5. The van der Waals surface area contributed by atoms with Crippen molar-refractivity contribution in [3.63, 3.8) is 0 Å². The quantitative estimate of drug-likeness (QED) is 0.0301. The third kappa shape index (κ3) is 29.8. The standard InChI is InChI=1S/C55H78F2N6O15S.C2HF3O2/c1-55(2,3)53(47-34-42(44-35-43(56)10-11-45(44)57)37-61(47)36-41-8-5-4-6-9-41)62(17-7-15-58)52(68)40-79-39-46(54(69)70)60-48(64)14-18-71-20-22-73-24-26-75-28-30-77-32-33-78-31-29-76-27-25-74-23-21-72-19-16-59-49(65)38-63-50(66)12-13-51(63)67;3-2(4,5)1(6)7/h4-6,8-13,34-35,37,46,53H,7,14-33,36,38-40,58H2,1-3H3,(H,59,65)(H,60,64)(H,69,70);(H,6,7). The second-order valence-electron chi connectivity index (χ2n) is 19.8. The molecule has 2 heterocycles. The Labute approximate surface area is 500 Å². The third-order valence-electron chi connectivity index (χ3n) is 11.9. The van der Waals surface area contributed by atoms with E-state index >= 15 is 4.39 Å². The highest BCUT2D eigenvalue weighted by Gasteiger charge is 2.39. The summed E-state index contributed by atoms with van der Waals surface area (Å²) < 4.78 is 107. The van der Waals surface area contributed by atoms with Gasteiger partial charge in [0.05, 0.1) is 118 Å². The van der Waals surface area contributed by atoms with Crippen molar-refractivity contribution in [2.45, 2.75) is 58.4 Å². The van der Waals surface area contributed by atoms with E-state index < -0.39 is 70.9 Å². The first-order chi connectivity index (χ1) is 41.0. The van der Waals surface area contributed by atoms with Crippen LogP contribution in [-0.2, 0) is 78.0 Å². The average molecular weight is 1250 g/mol. The van der Waals surface area contributed by atoms with Crippen LogP contribution in [0.4, 0.5) is 22.0 Å². The maximum atomic E-state index is 15.2. The van der Waals surface area contributed by atoms with Crippen molar-refractivity contribution >= 4 is 53.2 Å². The molecule has 0 aliphatic carbocycles. The van der Waals surface area contributed by atoms with Crippen LogP contribution in [0.25, 0.3) is 11.1 Å². The Hall–Kier alpha value is -6.41. The number of nitrogens with zero attached hydrogens (tertiary/aromatic N) is 3. The van der Waals surface area contributed by atoms with E-state index in [4.69, 9.17) is 53.5 Å². The Balaban J connectivity index is 0.00000259. The van der Waals surface area contributed by atoms with Gasteiger partial charge in [0.25, 0.3) is 11.8 Å². The van der Waals surface area contributed by atoms with Gasteiger partial charge in [0.2, 0.25) is 17.7 Å². The van der Waals surface area contributed by atoms with Crippen LogP contribution in [0.3, 0.4) is 0 Å². The van der Waals surface area contributed by atoms with E-state index in [1.54, 1.807) is 17.2 Å². The number of thioether (sulfide) groups is 1. The molecule has 2 unspecified atom stereocenters. The predicted octanol–water partition coefficient (Wildman–Crippen LogP) is 4.25. The fraction of sp³-hybridized carbons (Fsp3) is 0.561. The minimum atomic E-state index is -5.08. The van der Waals surface area contributed by atoms with E-state index in [0.717, 1.165) is 52.6 Å². The zero-order valence-corrected chi connectivity index (χ0v) is 49.3. The maximum absolute atomic E-state index is 15.2. The summed E-state index contributed by atoms with van der Waals surface area (Å²) in [6.45, 7) is 12.1. The summed E-state index contributed by atoms with van der Waals surface area (Å²) in [5.74, 6) is -7.61. The van der Waals surface area contributed by atoms with Crippen LogP contribution < -0.4 is 16.4 Å². The number of hydrogen-bond acceptors (Lipinski definition) is 17. The Morgan fingerprint density at radius 2 is 1.20 bits per heavy atom. The molecule has 1 aliphatic heterocycles. The molecule has 0 saturated heterocycles. The van der Waals surface area contributed by atoms with Gasteiger partial charge in [-0.2, -0.15) is 13.2 Å². The molecule has 4 rings (SSSR count). The molecule has 0 fully saturated rings. The number of aliphatic carboxylic acids is 2. The number of benzene rings is 2. The van der Waals surface area contributed by atoms with Crippen LogP contribution in [0.2, 0.25) is 0 Å². The number of halogens is 5. The molecule has 0 spiro atoms. The fourth-order valence-corrected chi connectivity index (χ4v) is 8.83. The molecule has 5 amide bonds. The van der Waals surface area contributed by atoms with Gasteiger partial charge in [-0.05, 0) is 48.2 Å². The van der Waals surface area contributed by atoms with Crippen molar-refractivity contribution in [2.24, 2.45) is 11.1 Å². The molecule has 0 radical (unpaired) electrons. The summed E-state index contributed by atoms with van der Waals surface area (Å²) in [4.78, 5) is 85.5. The molecule has 2 atom stereocenters. The Kier molecular flexibility index (Phi) is 35.1. The van der Waals surface area contributed by atoms with Crippen LogP contribution in [0.15, 0.2) is 72.9 Å². The Morgan fingerprint density at radius 3 is 1.67 bits per heavy atom. The van der Waals surface area contributed by atoms with Gasteiger partial charge >= 0.3 is 18.1 Å². The molecule has 23 nitrogen and oxygen atoms in total. The van der Waals surface area contributed by atoms with Gasteiger partial charge in [-0.15, -0.1) is 11.8 Å². The zero-order chi connectivity index (χ0) is 63.3. The molecular weight excluding hydrogens is 1170 g/mol. The van der Waals surface area contributed by atoms with Crippen molar-refractivity contribution in [2.75, 3.05) is 143 Å². The molecule has 1 aliphatic rings. The number of carbonyl (C=O) groups excluding carboxylic acids is 5. The lowest BCUT2D eigenvalue weighted by Crippen LogP contribution is -2.45. The number of nitrogens with two attached hydrogens (primary N) is 1. The number of rotatable bonds is 43. The van der Waals surface area contributed by atoms with E-state index in [0.29, 0.717) is 110 Å². The number of nitrogens with one attached hydrogen (secondary N) is 2. The SMILES string of the molecule is CC(C)(C)C(c1cc(-c2cc(F)ccc2F)cn1Cc1ccccc1)N(CCCN)C(=O)CSCC(NC(=O)CCOCCOCCOCCOCCOCCOCCOCCOCCNC(=O)CN1C(=O)C=CC1=O)C(=O)O.O=C(O)C(F)(F)F. The van der Waals surface area contributed by atoms with Crippen LogP contribution in [0.5, 0.6) is 0 Å². The van der Waals surface area contributed by atoms with E-state index in [2.05, 4.69) is 10.6 Å². The topological polar surface area (TPSA) is 295 Å². The smallest absolute Gasteiger partial charge is 0.480 e. The van der Waals surface area contributed by atoms with Gasteiger partial charge in [-0.25, -0.2) is 18.4 Å². The fourth-order valence-electron chi connectivity index (χ4n) is 7.91. The molecular formula is C57H79F5N6O17S. The maximum Gasteiger partial charge on any atom is 0.490 e. The number of alkyl halides is 3. The highest BCUT2D eigenvalue weighted by atomic mass is 32.2. The summed E-state index contributed by atoms with van der Waals surface area (Å²) in [6, 6.07) is 12.9. The lowest BCUT2D eigenvalue weighted by atomic mass is 9.83. The molecule has 1 aromatic heterocycles. The predicted molar refractivity (Wildman–Crippen MR) is 304 cm³/mol. The van der Waals surface area contributed by atoms with Crippen LogP contribution in [-0.4, -0.2) is 222 Å². The number of imide groups is 1. The van der Waals surface area contributed by atoms with Gasteiger partial charge in [0.1, 0.15) is 24.2 Å². The molecule has 2 aromatic carbocycles. The van der Waals surface area contributed by atoms with Gasteiger partial charge in [0, 0.05) is 67.0 Å². The minimum absolute atomic E-state index is 0.0401.